The summed E-state index contributed by atoms with van der Waals surface area (Å²) in [5.74, 6) is 0. The molecular weight excluding hydrogens is 193 g/mol. The molecule has 0 aliphatic carbocycles. The fourth-order valence-electron chi connectivity index (χ4n) is 0. The van der Waals surface area contributed by atoms with E-state index in [1.807, 2.05) is 13.0 Å². The Morgan fingerprint density at radius 2 is 1.67 bits per heavy atom. The molecule has 0 aromatic rings. The third-order valence-electron chi connectivity index (χ3n) is 0.236. The molecule has 0 saturated heterocycles. The van der Waals surface area contributed by atoms with E-state index in [1.165, 1.54) is 0 Å². The Balaban J connectivity index is -0.0000000450. The van der Waals surface area contributed by atoms with E-state index < -0.39 is 0 Å². The van der Waals surface area contributed by atoms with Crippen molar-refractivity contribution in [2.45, 2.75) is 6.92 Å². The molecule has 0 radical (unpaired) electrons. The summed E-state index contributed by atoms with van der Waals surface area (Å²) in [6.45, 7) is 5.36. The SMILES string of the molecule is [Br-].[CH2-]C=CC.[Zn+2]. The average molecular weight is 200 g/mol. The van der Waals surface area contributed by atoms with Crippen LogP contribution in [0.2, 0.25) is 0 Å². The minimum atomic E-state index is 0. The zero-order valence-corrected chi connectivity index (χ0v) is 8.50. The molecule has 0 aromatic heterocycles. The van der Waals surface area contributed by atoms with Crippen LogP contribution in [0.3, 0.4) is 0 Å². The van der Waals surface area contributed by atoms with Gasteiger partial charge in [0.25, 0.3) is 0 Å². The predicted octanol–water partition coefficient (Wildman–Crippen LogP) is -1.60. The van der Waals surface area contributed by atoms with Gasteiger partial charge >= 0.3 is 19.5 Å². The smallest absolute Gasteiger partial charge is 1.00 e. The minimum absolute atomic E-state index is 0. The maximum absolute atomic E-state index is 3.42. The van der Waals surface area contributed by atoms with Gasteiger partial charge in [-0.3, -0.25) is 0 Å². The molecule has 0 nitrogen and oxygen atoms in total. The first-order valence-corrected chi connectivity index (χ1v) is 1.32. The van der Waals surface area contributed by atoms with Crippen LogP contribution < -0.4 is 17.0 Å². The standard InChI is InChI=1S/C4H7.BrH.Zn/c1-3-4-2;;/h3-4H,1H2,2H3;1H;/q-1;;+2/p-1. The normalized spacial score (nSPS) is 6.17. The Labute approximate surface area is 62.5 Å². The van der Waals surface area contributed by atoms with Crippen molar-refractivity contribution in [3.8, 4) is 0 Å². The predicted molar refractivity (Wildman–Crippen MR) is 20.2 cm³/mol. The van der Waals surface area contributed by atoms with E-state index in [0.717, 1.165) is 0 Å². The van der Waals surface area contributed by atoms with Gasteiger partial charge in [-0.05, 0) is 0 Å². The fourth-order valence-corrected chi connectivity index (χ4v) is 0. The van der Waals surface area contributed by atoms with Crippen molar-refractivity contribution >= 4 is 0 Å². The van der Waals surface area contributed by atoms with Crippen LogP contribution in [0.15, 0.2) is 12.2 Å². The minimum Gasteiger partial charge on any atom is -1.00 e. The molecule has 0 unspecified atom stereocenters. The zero-order chi connectivity index (χ0) is 3.41. The monoisotopic (exact) mass is 198 g/mol. The van der Waals surface area contributed by atoms with Crippen LogP contribution in [0.4, 0.5) is 0 Å². The van der Waals surface area contributed by atoms with Crippen molar-refractivity contribution < 1.29 is 36.5 Å². The molecule has 2 heteroatoms. The van der Waals surface area contributed by atoms with Gasteiger partial charge in [-0.15, -0.1) is 6.92 Å². The summed E-state index contributed by atoms with van der Waals surface area (Å²) in [4.78, 5) is 0. The largest absolute Gasteiger partial charge is 2.00 e. The van der Waals surface area contributed by atoms with E-state index in [4.69, 9.17) is 0 Å². The van der Waals surface area contributed by atoms with Gasteiger partial charge in [0.2, 0.25) is 0 Å². The Morgan fingerprint density at radius 3 is 1.67 bits per heavy atom. The number of hydrogen-bond acceptors (Lipinski definition) is 0. The van der Waals surface area contributed by atoms with Crippen molar-refractivity contribution in [2.24, 2.45) is 0 Å². The van der Waals surface area contributed by atoms with Gasteiger partial charge < -0.3 is 17.0 Å². The molecule has 6 heavy (non-hydrogen) atoms. The molecule has 0 spiro atoms. The van der Waals surface area contributed by atoms with E-state index in [1.54, 1.807) is 6.08 Å². The van der Waals surface area contributed by atoms with Gasteiger partial charge in [-0.25, -0.2) is 19.1 Å². The summed E-state index contributed by atoms with van der Waals surface area (Å²) >= 11 is 0. The number of halogens is 1. The first-order valence-electron chi connectivity index (χ1n) is 1.32. The molecule has 0 heterocycles. The van der Waals surface area contributed by atoms with Crippen molar-refractivity contribution in [1.82, 2.24) is 0 Å². The Hall–Kier alpha value is 0.713. The van der Waals surface area contributed by atoms with E-state index in [2.05, 4.69) is 6.92 Å². The van der Waals surface area contributed by atoms with Crippen molar-refractivity contribution in [3.63, 3.8) is 0 Å². The number of rotatable bonds is 0. The van der Waals surface area contributed by atoms with Crippen LogP contribution in [0.25, 0.3) is 0 Å². The van der Waals surface area contributed by atoms with E-state index in [9.17, 15) is 0 Å². The first-order chi connectivity index (χ1) is 1.91. The number of allylic oxidation sites excluding steroid dienone is 2. The fraction of sp³-hybridized carbons (Fsp3) is 0.250. The van der Waals surface area contributed by atoms with Gasteiger partial charge in [0.1, 0.15) is 0 Å². The maximum Gasteiger partial charge on any atom is 2.00 e. The van der Waals surface area contributed by atoms with Crippen LogP contribution in [0, 0.1) is 6.92 Å². The van der Waals surface area contributed by atoms with Gasteiger partial charge in [-0.1, -0.05) is 0 Å². The Kier molecular flexibility index (Phi) is 45.7. The summed E-state index contributed by atoms with van der Waals surface area (Å²) in [7, 11) is 0. The van der Waals surface area contributed by atoms with Crippen LogP contribution >= 0.6 is 0 Å². The van der Waals surface area contributed by atoms with Crippen LogP contribution in [-0.2, 0) is 19.5 Å². The van der Waals surface area contributed by atoms with E-state index >= 15 is 0 Å². The second-order valence-corrected chi connectivity index (χ2v) is 0.569. The molecule has 0 atom stereocenters. The number of hydrogen-bond donors (Lipinski definition) is 0. The van der Waals surface area contributed by atoms with Crippen molar-refractivity contribution in [2.75, 3.05) is 0 Å². The van der Waals surface area contributed by atoms with Gasteiger partial charge in [0, 0.05) is 0 Å². The molecule has 0 aromatic carbocycles. The van der Waals surface area contributed by atoms with E-state index in [0.29, 0.717) is 0 Å². The summed E-state index contributed by atoms with van der Waals surface area (Å²) in [5.41, 5.74) is 0. The first kappa shape index (κ1) is 15.9. The van der Waals surface area contributed by atoms with Crippen LogP contribution in [0.1, 0.15) is 6.92 Å². The van der Waals surface area contributed by atoms with Gasteiger partial charge in [-0.2, -0.15) is 0 Å². The summed E-state index contributed by atoms with van der Waals surface area (Å²) in [5, 5.41) is 0. The third kappa shape index (κ3) is 22.1. The summed E-state index contributed by atoms with van der Waals surface area (Å²) < 4.78 is 0. The molecule has 0 aliphatic rings. The third-order valence-corrected chi connectivity index (χ3v) is 0.236. The molecule has 0 aliphatic heterocycles. The maximum atomic E-state index is 3.42. The zero-order valence-electron chi connectivity index (χ0n) is 3.95. The topological polar surface area (TPSA) is 0 Å². The second kappa shape index (κ2) is 17.2. The van der Waals surface area contributed by atoms with Crippen molar-refractivity contribution in [3.05, 3.63) is 19.1 Å². The molecule has 0 N–H and O–H groups in total. The quantitative estimate of drug-likeness (QED) is 0.326. The molecule has 0 bridgehead atoms. The molecule has 0 fully saturated rings. The second-order valence-electron chi connectivity index (χ2n) is 0.569. The van der Waals surface area contributed by atoms with Gasteiger partial charge in [0.15, 0.2) is 0 Å². The van der Waals surface area contributed by atoms with Crippen LogP contribution in [0.5, 0.6) is 0 Å². The summed E-state index contributed by atoms with van der Waals surface area (Å²) in [6, 6.07) is 0. The molecule has 0 saturated carbocycles. The van der Waals surface area contributed by atoms with Gasteiger partial charge in [0.05, 0.1) is 0 Å². The Morgan fingerprint density at radius 1 is 1.50 bits per heavy atom. The Bertz CT molecular complexity index is 22.7. The molecule has 32 valence electrons. The molecular formula is C4H7BrZn. The van der Waals surface area contributed by atoms with Crippen LogP contribution in [-0.4, -0.2) is 0 Å². The molecule has 0 amide bonds. The van der Waals surface area contributed by atoms with E-state index in [-0.39, 0.29) is 36.5 Å². The molecule has 0 rings (SSSR count). The van der Waals surface area contributed by atoms with Crippen molar-refractivity contribution in [1.29, 1.82) is 0 Å². The summed E-state index contributed by atoms with van der Waals surface area (Å²) in [6.07, 6.45) is 3.64. The average Bonchev–Trinajstić information content (AvgIpc) is 1.37.